The monoisotopic (exact) mass is 749 g/mol. The summed E-state index contributed by atoms with van der Waals surface area (Å²) in [5.41, 5.74) is 9.12. The van der Waals surface area contributed by atoms with Gasteiger partial charge in [-0.15, -0.1) is 0 Å². The highest BCUT2D eigenvalue weighted by molar-refractivity contribution is 6.01. The summed E-state index contributed by atoms with van der Waals surface area (Å²) in [6, 6.07) is 11.7. The number of aromatic nitrogens is 2. The van der Waals surface area contributed by atoms with Crippen molar-refractivity contribution in [3.8, 4) is 0 Å². The number of rotatable bonds is 9. The van der Waals surface area contributed by atoms with Crippen LogP contribution < -0.4 is 0 Å². The molecule has 0 spiro atoms. The molecule has 4 aromatic rings. The van der Waals surface area contributed by atoms with Gasteiger partial charge in [0.2, 0.25) is 0 Å². The molecule has 9 rings (SSSR count). The minimum atomic E-state index is -0.846. The summed E-state index contributed by atoms with van der Waals surface area (Å²) in [6.45, 7) is 6.35. The molecule has 5 aliphatic rings. The van der Waals surface area contributed by atoms with Gasteiger partial charge in [-0.3, -0.25) is 9.59 Å². The van der Waals surface area contributed by atoms with Gasteiger partial charge in [-0.05, 0) is 161 Å². The third-order valence-corrected chi connectivity index (χ3v) is 13.9. The van der Waals surface area contributed by atoms with E-state index in [1.165, 1.54) is 71.9 Å². The van der Waals surface area contributed by atoms with Crippen molar-refractivity contribution in [2.24, 2.45) is 43.7 Å². The first-order valence-electron chi connectivity index (χ1n) is 21.1. The Balaban J connectivity index is 0.000000164. The van der Waals surface area contributed by atoms with Gasteiger partial charge in [-0.25, -0.2) is 4.79 Å². The van der Waals surface area contributed by atoms with E-state index >= 15 is 0 Å². The minimum absolute atomic E-state index is 0.0204. The van der Waals surface area contributed by atoms with Crippen LogP contribution in [0, 0.1) is 29.6 Å². The standard InChI is InChI=1S/C27H36N2O3.C19H23NO3/c1-3-29(17-22(30)14-18-4-5-18)27(31)21-7-9-26-24(16-21)23-15-20(6-8-25(23)28(26)2)19-10-12-32-13-11-19;1-20-17-4-2-13(12-6-8-23-9-7-12)10-15(17)16-11-14(19(21)22)3-5-18(16)20/h7,9,16,18-20H,3-6,8,10-15,17H2,1-2H3;3,5,11-13H,2,4,6-10H2,1H3,(H,21,22). The van der Waals surface area contributed by atoms with Crippen LogP contribution >= 0.6 is 0 Å². The SMILES string of the molecule is CCN(CC(=O)CC1CC1)C(=O)c1ccc2c(c1)c1c(n2C)CCC(C2CCOCC2)C1.Cn1c2c(c3cc(C(=O)O)ccc31)CC(C1CCOCC1)CC2. The first kappa shape index (κ1) is 37.9. The number of Topliss-reactive ketones (excluding diaryl/α,β-unsaturated/α-hetero) is 1. The molecule has 294 valence electrons. The van der Waals surface area contributed by atoms with E-state index in [2.05, 4.69) is 35.4 Å². The Hall–Kier alpha value is -3.95. The molecule has 2 atom stereocenters. The van der Waals surface area contributed by atoms with Crippen molar-refractivity contribution < 1.29 is 29.0 Å². The first-order chi connectivity index (χ1) is 26.7. The van der Waals surface area contributed by atoms with E-state index in [1.54, 1.807) is 11.0 Å². The molecule has 2 aliphatic heterocycles. The summed E-state index contributed by atoms with van der Waals surface area (Å²) in [6.07, 6.45) is 14.5. The van der Waals surface area contributed by atoms with Crippen molar-refractivity contribution in [2.75, 3.05) is 39.5 Å². The third-order valence-electron chi connectivity index (χ3n) is 13.9. The Morgan fingerprint density at radius 3 is 1.65 bits per heavy atom. The molecule has 4 heterocycles. The summed E-state index contributed by atoms with van der Waals surface area (Å²) in [7, 11) is 4.27. The average molecular weight is 750 g/mol. The van der Waals surface area contributed by atoms with Gasteiger partial charge >= 0.3 is 5.97 Å². The van der Waals surface area contributed by atoms with Gasteiger partial charge in [0.05, 0.1) is 12.1 Å². The molecule has 55 heavy (non-hydrogen) atoms. The lowest BCUT2D eigenvalue weighted by Crippen LogP contribution is -2.35. The van der Waals surface area contributed by atoms with Gasteiger partial charge in [0.25, 0.3) is 5.91 Å². The molecule has 3 fully saturated rings. The van der Waals surface area contributed by atoms with Gasteiger partial charge in [-0.1, -0.05) is 0 Å². The second-order valence-corrected chi connectivity index (χ2v) is 17.1. The fourth-order valence-corrected chi connectivity index (χ4v) is 10.5. The molecule has 9 nitrogen and oxygen atoms in total. The molecule has 2 saturated heterocycles. The van der Waals surface area contributed by atoms with Crippen molar-refractivity contribution in [1.29, 1.82) is 0 Å². The largest absolute Gasteiger partial charge is 0.478 e. The van der Waals surface area contributed by atoms with E-state index in [4.69, 9.17) is 9.47 Å². The number of ether oxygens (including phenoxy) is 2. The van der Waals surface area contributed by atoms with Gasteiger partial charge in [0, 0.05) is 92.2 Å². The average Bonchev–Trinajstić information content (AvgIpc) is 3.95. The number of carbonyl (C=O) groups excluding carboxylic acids is 2. The van der Waals surface area contributed by atoms with Crippen LogP contribution in [0.25, 0.3) is 21.8 Å². The number of carbonyl (C=O) groups is 3. The first-order valence-corrected chi connectivity index (χ1v) is 21.1. The van der Waals surface area contributed by atoms with Crippen molar-refractivity contribution in [3.05, 3.63) is 70.0 Å². The van der Waals surface area contributed by atoms with Gasteiger partial charge < -0.3 is 28.6 Å². The predicted octanol–water partition coefficient (Wildman–Crippen LogP) is 7.95. The number of aromatic carboxylic acids is 1. The van der Waals surface area contributed by atoms with Crippen molar-refractivity contribution in [2.45, 2.75) is 90.4 Å². The summed E-state index contributed by atoms with van der Waals surface area (Å²) in [5, 5.41) is 11.7. The normalized spacial score (nSPS) is 21.8. The fraction of sp³-hybridized carbons (Fsp3) is 0.587. The third kappa shape index (κ3) is 7.89. The zero-order valence-electron chi connectivity index (χ0n) is 33.1. The number of amides is 1. The number of likely N-dealkylation sites (N-methyl/N-ethyl adjacent to an activating group) is 1. The number of hydrogen-bond acceptors (Lipinski definition) is 5. The van der Waals surface area contributed by atoms with Crippen LogP contribution in [-0.4, -0.2) is 76.3 Å². The molecular formula is C46H59N3O6. The Labute approximate surface area is 325 Å². The lowest BCUT2D eigenvalue weighted by Gasteiger charge is -2.33. The van der Waals surface area contributed by atoms with Crippen molar-refractivity contribution >= 4 is 39.5 Å². The predicted molar refractivity (Wildman–Crippen MR) is 215 cm³/mol. The Morgan fingerprint density at radius 1 is 0.691 bits per heavy atom. The van der Waals surface area contributed by atoms with Crippen molar-refractivity contribution in [1.82, 2.24) is 14.0 Å². The highest BCUT2D eigenvalue weighted by Crippen LogP contribution is 2.41. The van der Waals surface area contributed by atoms with E-state index in [1.807, 2.05) is 25.1 Å². The quantitative estimate of drug-likeness (QED) is 0.186. The molecule has 3 aliphatic carbocycles. The van der Waals surface area contributed by atoms with E-state index in [-0.39, 0.29) is 18.2 Å². The Bertz CT molecular complexity index is 2060. The maximum Gasteiger partial charge on any atom is 0.335 e. The summed E-state index contributed by atoms with van der Waals surface area (Å²) >= 11 is 0. The second kappa shape index (κ2) is 16.3. The zero-order valence-corrected chi connectivity index (χ0v) is 33.1. The maximum atomic E-state index is 13.3. The number of aryl methyl sites for hydroxylation is 2. The molecule has 1 saturated carbocycles. The smallest absolute Gasteiger partial charge is 0.335 e. The summed E-state index contributed by atoms with van der Waals surface area (Å²) in [5.74, 6) is 2.83. The topological polar surface area (TPSA) is 103 Å². The number of carboxylic acid groups (broad SMARTS) is 1. The lowest BCUT2D eigenvalue weighted by molar-refractivity contribution is -0.120. The highest BCUT2D eigenvalue weighted by atomic mass is 16.5. The van der Waals surface area contributed by atoms with E-state index in [0.29, 0.717) is 41.8 Å². The van der Waals surface area contributed by atoms with Gasteiger partial charge in [0.1, 0.15) is 0 Å². The molecule has 1 N–H and O–H groups in total. The number of carboxylic acids is 1. The van der Waals surface area contributed by atoms with E-state index in [0.717, 1.165) is 87.7 Å². The number of fused-ring (bicyclic) bond motifs is 6. The molecule has 2 aromatic carbocycles. The van der Waals surface area contributed by atoms with Crippen LogP contribution in [0.3, 0.4) is 0 Å². The van der Waals surface area contributed by atoms with Crippen molar-refractivity contribution in [3.63, 3.8) is 0 Å². The molecular weight excluding hydrogens is 691 g/mol. The molecule has 2 aromatic heterocycles. The van der Waals surface area contributed by atoms with E-state index < -0.39 is 5.97 Å². The molecule has 0 radical (unpaired) electrons. The summed E-state index contributed by atoms with van der Waals surface area (Å²) in [4.78, 5) is 38.7. The maximum absolute atomic E-state index is 13.3. The molecule has 2 unspecified atom stereocenters. The van der Waals surface area contributed by atoms with Gasteiger partial charge in [0.15, 0.2) is 5.78 Å². The van der Waals surface area contributed by atoms with E-state index in [9.17, 15) is 19.5 Å². The van der Waals surface area contributed by atoms with Crippen LogP contribution in [0.1, 0.15) is 108 Å². The zero-order chi connectivity index (χ0) is 38.2. The lowest BCUT2D eigenvalue weighted by atomic mass is 9.75. The van der Waals surface area contributed by atoms with Gasteiger partial charge in [-0.2, -0.15) is 0 Å². The highest BCUT2D eigenvalue weighted by Gasteiger charge is 2.33. The number of hydrogen-bond donors (Lipinski definition) is 1. The minimum Gasteiger partial charge on any atom is -0.478 e. The number of nitrogens with zero attached hydrogens (tertiary/aromatic N) is 3. The second-order valence-electron chi connectivity index (χ2n) is 17.1. The van der Waals surface area contributed by atoms with Crippen LogP contribution in [0.5, 0.6) is 0 Å². The van der Waals surface area contributed by atoms with Crippen LogP contribution in [0.4, 0.5) is 0 Å². The Morgan fingerprint density at radius 2 is 1.18 bits per heavy atom. The number of ketones is 1. The number of benzene rings is 2. The molecule has 9 heteroatoms. The molecule has 1 amide bonds. The van der Waals surface area contributed by atoms with Crippen LogP contribution in [-0.2, 0) is 54.0 Å². The summed E-state index contributed by atoms with van der Waals surface area (Å²) < 4.78 is 15.7. The Kier molecular flexibility index (Phi) is 11.2. The van der Waals surface area contributed by atoms with Crippen LogP contribution in [0.2, 0.25) is 0 Å². The molecule has 0 bridgehead atoms. The fourth-order valence-electron chi connectivity index (χ4n) is 10.5. The van der Waals surface area contributed by atoms with Crippen LogP contribution in [0.15, 0.2) is 36.4 Å².